The van der Waals surface area contributed by atoms with Gasteiger partial charge in [-0.05, 0) is 36.3 Å². The van der Waals surface area contributed by atoms with Crippen molar-refractivity contribution in [3.05, 3.63) is 112 Å². The van der Waals surface area contributed by atoms with Crippen LogP contribution in [0.1, 0.15) is 40.2 Å². The molecule has 5 heteroatoms. The van der Waals surface area contributed by atoms with Gasteiger partial charge >= 0.3 is 5.97 Å². The Labute approximate surface area is 191 Å². The molecular formula is C26H20Cl2O3. The number of Topliss-reactive ketones (excluding diaryl/α,β-unsaturated/α-hetero) is 1. The largest absolute Gasteiger partial charge is 0.426 e. The third-order valence-electron chi connectivity index (χ3n) is 5.44. The average Bonchev–Trinajstić information content (AvgIpc) is 2.80. The Morgan fingerprint density at radius 1 is 0.871 bits per heavy atom. The summed E-state index contributed by atoms with van der Waals surface area (Å²) in [4.78, 5) is 25.7. The zero-order valence-corrected chi connectivity index (χ0v) is 18.1. The minimum atomic E-state index is -0.457. The number of esters is 1. The third-order valence-corrected chi connectivity index (χ3v) is 6.18. The molecule has 0 amide bonds. The van der Waals surface area contributed by atoms with Crippen molar-refractivity contribution in [2.75, 3.05) is 0 Å². The second-order valence-electron chi connectivity index (χ2n) is 7.45. The first-order chi connectivity index (χ1) is 15.0. The lowest BCUT2D eigenvalue weighted by Gasteiger charge is -2.29. The molecule has 0 saturated carbocycles. The summed E-state index contributed by atoms with van der Waals surface area (Å²) in [7, 11) is 0. The summed E-state index contributed by atoms with van der Waals surface area (Å²) in [5.41, 5.74) is 2.34. The summed E-state index contributed by atoms with van der Waals surface area (Å²) in [5.74, 6) is -0.500. The van der Waals surface area contributed by atoms with E-state index in [1.54, 1.807) is 18.2 Å². The molecule has 2 atom stereocenters. The van der Waals surface area contributed by atoms with E-state index in [1.165, 1.54) is 0 Å². The van der Waals surface area contributed by atoms with Crippen LogP contribution >= 0.6 is 23.2 Å². The first kappa shape index (κ1) is 21.4. The SMILES string of the molecule is O=C(CC[C@@H]1C(=O)OC(c2ccccc2)=C[C@@H]1c1ccccc1)c1ccc(Cl)c(Cl)c1. The smallest absolute Gasteiger partial charge is 0.315 e. The normalized spacial score (nSPS) is 18.3. The standard InChI is InChI=1S/C26H20Cl2O3/c27-22-13-11-19(15-23(22)28)24(29)14-12-20-21(17-7-3-1-4-8-17)16-25(31-26(20)30)18-9-5-2-6-10-18/h1-11,13,15-16,20-21H,12,14H2/t20-,21+/m0/s1. The third kappa shape index (κ3) is 4.90. The minimum Gasteiger partial charge on any atom is -0.426 e. The molecule has 0 saturated heterocycles. The maximum atomic E-state index is 13.0. The molecule has 1 heterocycles. The van der Waals surface area contributed by atoms with Gasteiger partial charge in [-0.25, -0.2) is 0 Å². The van der Waals surface area contributed by atoms with Gasteiger partial charge in [0.25, 0.3) is 0 Å². The van der Waals surface area contributed by atoms with Crippen molar-refractivity contribution in [2.45, 2.75) is 18.8 Å². The van der Waals surface area contributed by atoms with Crippen LogP contribution in [0.4, 0.5) is 0 Å². The van der Waals surface area contributed by atoms with Gasteiger partial charge < -0.3 is 4.74 Å². The van der Waals surface area contributed by atoms with E-state index in [9.17, 15) is 9.59 Å². The fourth-order valence-electron chi connectivity index (χ4n) is 3.80. The van der Waals surface area contributed by atoms with E-state index in [-0.39, 0.29) is 24.1 Å². The Bertz CT molecular complexity index is 1120. The van der Waals surface area contributed by atoms with Crippen LogP contribution in [0.2, 0.25) is 10.0 Å². The van der Waals surface area contributed by atoms with Crippen molar-refractivity contribution in [3.8, 4) is 0 Å². The maximum absolute atomic E-state index is 13.0. The summed E-state index contributed by atoms with van der Waals surface area (Å²) in [6.07, 6.45) is 2.56. The van der Waals surface area contributed by atoms with Gasteiger partial charge in [0, 0.05) is 23.5 Å². The highest BCUT2D eigenvalue weighted by Gasteiger charge is 2.35. The number of halogens is 2. The Morgan fingerprint density at radius 2 is 1.55 bits per heavy atom. The number of ketones is 1. The highest BCUT2D eigenvalue weighted by molar-refractivity contribution is 6.42. The monoisotopic (exact) mass is 450 g/mol. The van der Waals surface area contributed by atoms with Crippen LogP contribution in [0.5, 0.6) is 0 Å². The van der Waals surface area contributed by atoms with Gasteiger partial charge in [0.15, 0.2) is 5.78 Å². The van der Waals surface area contributed by atoms with Crippen molar-refractivity contribution in [1.29, 1.82) is 0 Å². The van der Waals surface area contributed by atoms with Crippen LogP contribution in [-0.4, -0.2) is 11.8 Å². The predicted octanol–water partition coefficient (Wildman–Crippen LogP) is 6.95. The maximum Gasteiger partial charge on any atom is 0.315 e. The van der Waals surface area contributed by atoms with Gasteiger partial charge in [0.2, 0.25) is 0 Å². The lowest BCUT2D eigenvalue weighted by molar-refractivity contribution is -0.143. The number of allylic oxidation sites excluding steroid dienone is 1. The van der Waals surface area contributed by atoms with E-state index in [4.69, 9.17) is 27.9 Å². The summed E-state index contributed by atoms with van der Waals surface area (Å²) in [6, 6.07) is 24.2. The summed E-state index contributed by atoms with van der Waals surface area (Å²) in [5, 5.41) is 0.735. The number of hydrogen-bond acceptors (Lipinski definition) is 3. The Morgan fingerprint density at radius 3 is 2.23 bits per heavy atom. The fourth-order valence-corrected chi connectivity index (χ4v) is 4.10. The molecule has 0 bridgehead atoms. The Hall–Kier alpha value is -2.88. The molecule has 4 rings (SSSR count). The topological polar surface area (TPSA) is 43.4 Å². The molecule has 31 heavy (non-hydrogen) atoms. The number of ether oxygens (including phenoxy) is 1. The van der Waals surface area contributed by atoms with E-state index in [0.29, 0.717) is 27.8 Å². The van der Waals surface area contributed by atoms with Gasteiger partial charge in [-0.15, -0.1) is 0 Å². The van der Waals surface area contributed by atoms with Crippen LogP contribution in [0, 0.1) is 5.92 Å². The zero-order valence-electron chi connectivity index (χ0n) is 16.6. The molecule has 3 aromatic carbocycles. The van der Waals surface area contributed by atoms with Crippen LogP contribution in [0.25, 0.3) is 5.76 Å². The predicted molar refractivity (Wildman–Crippen MR) is 123 cm³/mol. The molecule has 0 spiro atoms. The van der Waals surface area contributed by atoms with E-state index in [0.717, 1.165) is 11.1 Å². The fraction of sp³-hybridized carbons (Fsp3) is 0.154. The lowest BCUT2D eigenvalue weighted by atomic mass is 9.80. The molecular weight excluding hydrogens is 431 g/mol. The lowest BCUT2D eigenvalue weighted by Crippen LogP contribution is -2.28. The molecule has 0 aromatic heterocycles. The second-order valence-corrected chi connectivity index (χ2v) is 8.27. The second kappa shape index (κ2) is 9.51. The van der Waals surface area contributed by atoms with Crippen molar-refractivity contribution >= 4 is 40.7 Å². The quantitative estimate of drug-likeness (QED) is 0.301. The number of cyclic esters (lactones) is 1. The first-order valence-electron chi connectivity index (χ1n) is 10.0. The molecule has 3 aromatic rings. The van der Waals surface area contributed by atoms with Gasteiger partial charge in [-0.3, -0.25) is 9.59 Å². The highest BCUT2D eigenvalue weighted by Crippen LogP contribution is 2.38. The van der Waals surface area contributed by atoms with Gasteiger partial charge in [0.1, 0.15) is 5.76 Å². The molecule has 0 N–H and O–H groups in total. The molecule has 1 aliphatic heterocycles. The number of hydrogen-bond donors (Lipinski definition) is 0. The van der Waals surface area contributed by atoms with Gasteiger partial charge in [-0.2, -0.15) is 0 Å². The summed E-state index contributed by atoms with van der Waals surface area (Å²) < 4.78 is 5.68. The summed E-state index contributed by atoms with van der Waals surface area (Å²) >= 11 is 12.0. The van der Waals surface area contributed by atoms with Crippen molar-refractivity contribution in [3.63, 3.8) is 0 Å². The number of rotatable bonds is 6. The van der Waals surface area contributed by atoms with Crippen molar-refractivity contribution in [2.24, 2.45) is 5.92 Å². The molecule has 0 unspecified atom stereocenters. The molecule has 156 valence electrons. The van der Waals surface area contributed by atoms with Crippen molar-refractivity contribution < 1.29 is 14.3 Å². The number of benzene rings is 3. The van der Waals surface area contributed by atoms with E-state index < -0.39 is 5.92 Å². The molecule has 0 aliphatic carbocycles. The zero-order chi connectivity index (χ0) is 21.8. The molecule has 1 aliphatic rings. The van der Waals surface area contributed by atoms with Gasteiger partial charge in [-0.1, -0.05) is 83.9 Å². The van der Waals surface area contributed by atoms with E-state index in [2.05, 4.69) is 0 Å². The van der Waals surface area contributed by atoms with Crippen LogP contribution in [0.15, 0.2) is 84.9 Å². The molecule has 0 fully saturated rings. The molecule has 3 nitrogen and oxygen atoms in total. The van der Waals surface area contributed by atoms with Crippen LogP contribution in [0.3, 0.4) is 0 Å². The van der Waals surface area contributed by atoms with E-state index in [1.807, 2.05) is 66.7 Å². The number of carbonyl (C=O) groups is 2. The van der Waals surface area contributed by atoms with Crippen LogP contribution < -0.4 is 0 Å². The Kier molecular flexibility index (Phi) is 6.55. The van der Waals surface area contributed by atoms with Crippen molar-refractivity contribution in [1.82, 2.24) is 0 Å². The van der Waals surface area contributed by atoms with Crippen LogP contribution in [-0.2, 0) is 9.53 Å². The van der Waals surface area contributed by atoms with Gasteiger partial charge in [0.05, 0.1) is 16.0 Å². The minimum absolute atomic E-state index is 0.0870. The van der Waals surface area contributed by atoms with E-state index >= 15 is 0 Å². The Balaban J connectivity index is 1.59. The average molecular weight is 451 g/mol. The summed E-state index contributed by atoms with van der Waals surface area (Å²) in [6.45, 7) is 0. The first-order valence-corrected chi connectivity index (χ1v) is 10.8. The highest BCUT2D eigenvalue weighted by atomic mass is 35.5. The number of carbonyl (C=O) groups excluding carboxylic acids is 2. The molecule has 0 radical (unpaired) electrons.